The molecule has 0 rings (SSSR count). The van der Waals surface area contributed by atoms with Crippen LogP contribution in [0, 0.1) is 0 Å². The highest BCUT2D eigenvalue weighted by Crippen LogP contribution is 1.92. The SMILES string of the molecule is CCN=C(C)CSC. The zero-order valence-electron chi connectivity index (χ0n) is 5.77. The molecule has 0 saturated carbocycles. The number of aliphatic imine (C=N–C) groups is 1. The van der Waals surface area contributed by atoms with Gasteiger partial charge in [-0.05, 0) is 20.1 Å². The normalized spacial score (nSPS) is 12.1. The third-order valence-corrected chi connectivity index (χ3v) is 1.49. The molecule has 8 heavy (non-hydrogen) atoms. The largest absolute Gasteiger partial charge is 0.294 e. The van der Waals surface area contributed by atoms with Gasteiger partial charge in [-0.25, -0.2) is 0 Å². The zero-order chi connectivity index (χ0) is 6.41. The second kappa shape index (κ2) is 5.16. The van der Waals surface area contributed by atoms with E-state index in [4.69, 9.17) is 0 Å². The Hall–Kier alpha value is 0.0200. The summed E-state index contributed by atoms with van der Waals surface area (Å²) < 4.78 is 0. The second-order valence-electron chi connectivity index (χ2n) is 1.64. The minimum Gasteiger partial charge on any atom is -0.294 e. The molecule has 0 aliphatic heterocycles. The van der Waals surface area contributed by atoms with Crippen LogP contribution >= 0.6 is 11.8 Å². The van der Waals surface area contributed by atoms with Crippen LogP contribution in [-0.4, -0.2) is 24.3 Å². The quantitative estimate of drug-likeness (QED) is 0.532. The van der Waals surface area contributed by atoms with Crippen LogP contribution in [0.25, 0.3) is 0 Å². The zero-order valence-corrected chi connectivity index (χ0v) is 6.59. The minimum absolute atomic E-state index is 0.923. The van der Waals surface area contributed by atoms with Crippen molar-refractivity contribution in [2.75, 3.05) is 18.6 Å². The van der Waals surface area contributed by atoms with Gasteiger partial charge in [0.05, 0.1) is 0 Å². The molecule has 48 valence electrons. The van der Waals surface area contributed by atoms with Crippen molar-refractivity contribution >= 4 is 17.5 Å². The molecule has 0 radical (unpaired) electrons. The Kier molecular flexibility index (Phi) is 5.18. The summed E-state index contributed by atoms with van der Waals surface area (Å²) in [6.07, 6.45) is 2.09. The summed E-state index contributed by atoms with van der Waals surface area (Å²) in [5.74, 6) is 1.08. The highest BCUT2D eigenvalue weighted by atomic mass is 32.2. The lowest BCUT2D eigenvalue weighted by molar-refractivity contribution is 1.12. The van der Waals surface area contributed by atoms with E-state index in [0.29, 0.717) is 0 Å². The Bertz CT molecular complexity index is 78.6. The van der Waals surface area contributed by atoms with Crippen LogP contribution in [0.1, 0.15) is 13.8 Å². The summed E-state index contributed by atoms with van der Waals surface area (Å²) in [7, 11) is 0. The van der Waals surface area contributed by atoms with E-state index in [-0.39, 0.29) is 0 Å². The van der Waals surface area contributed by atoms with E-state index in [1.165, 1.54) is 5.71 Å². The summed E-state index contributed by atoms with van der Waals surface area (Å²) in [6, 6.07) is 0. The fraction of sp³-hybridized carbons (Fsp3) is 0.833. The first-order chi connectivity index (χ1) is 3.81. The van der Waals surface area contributed by atoms with Crippen molar-refractivity contribution in [3.63, 3.8) is 0 Å². The predicted molar refractivity (Wildman–Crippen MR) is 42.0 cm³/mol. The van der Waals surface area contributed by atoms with Crippen molar-refractivity contribution in [1.29, 1.82) is 0 Å². The lowest BCUT2D eigenvalue weighted by atomic mass is 10.5. The van der Waals surface area contributed by atoms with E-state index in [2.05, 4.69) is 25.1 Å². The van der Waals surface area contributed by atoms with Crippen LogP contribution in [0.3, 0.4) is 0 Å². The Balaban J connectivity index is 3.29. The molecule has 2 heteroatoms. The van der Waals surface area contributed by atoms with Crippen LogP contribution < -0.4 is 0 Å². The molecule has 0 amide bonds. The predicted octanol–water partition coefficient (Wildman–Crippen LogP) is 1.83. The highest BCUT2D eigenvalue weighted by molar-refractivity contribution is 7.99. The lowest BCUT2D eigenvalue weighted by Crippen LogP contribution is -1.94. The van der Waals surface area contributed by atoms with Gasteiger partial charge in [-0.2, -0.15) is 11.8 Å². The van der Waals surface area contributed by atoms with Crippen molar-refractivity contribution in [3.05, 3.63) is 0 Å². The molecule has 0 aliphatic carbocycles. The summed E-state index contributed by atoms with van der Waals surface area (Å²) in [4.78, 5) is 4.21. The summed E-state index contributed by atoms with van der Waals surface area (Å²) in [5.41, 5.74) is 1.25. The van der Waals surface area contributed by atoms with Crippen LogP contribution in [0.5, 0.6) is 0 Å². The maximum absolute atomic E-state index is 4.21. The average molecular weight is 131 g/mol. The van der Waals surface area contributed by atoms with Crippen LogP contribution in [0.4, 0.5) is 0 Å². The Morgan fingerprint density at radius 2 is 2.25 bits per heavy atom. The molecule has 0 fully saturated rings. The Morgan fingerprint density at radius 1 is 1.62 bits per heavy atom. The standard InChI is InChI=1S/C6H13NS/c1-4-7-6(2)5-8-3/h4-5H2,1-3H3. The molecule has 0 aromatic rings. The summed E-state index contributed by atoms with van der Waals surface area (Å²) in [6.45, 7) is 5.05. The number of rotatable bonds is 3. The van der Waals surface area contributed by atoms with E-state index >= 15 is 0 Å². The molecule has 1 nitrogen and oxygen atoms in total. The molecule has 0 unspecified atom stereocenters. The fourth-order valence-electron chi connectivity index (χ4n) is 0.524. The van der Waals surface area contributed by atoms with Crippen LogP contribution in [0.2, 0.25) is 0 Å². The molecule has 0 heterocycles. The molecular weight excluding hydrogens is 118 g/mol. The molecule has 0 spiro atoms. The van der Waals surface area contributed by atoms with Gasteiger partial charge in [-0.1, -0.05) is 0 Å². The van der Waals surface area contributed by atoms with Crippen molar-refractivity contribution < 1.29 is 0 Å². The van der Waals surface area contributed by atoms with Gasteiger partial charge in [0.25, 0.3) is 0 Å². The smallest absolute Gasteiger partial charge is 0.0360 e. The van der Waals surface area contributed by atoms with Gasteiger partial charge < -0.3 is 0 Å². The van der Waals surface area contributed by atoms with E-state index in [0.717, 1.165) is 12.3 Å². The van der Waals surface area contributed by atoms with Gasteiger partial charge in [0.15, 0.2) is 0 Å². The molecule has 0 atom stereocenters. The monoisotopic (exact) mass is 131 g/mol. The highest BCUT2D eigenvalue weighted by Gasteiger charge is 1.84. The first kappa shape index (κ1) is 8.02. The van der Waals surface area contributed by atoms with Gasteiger partial charge in [0.1, 0.15) is 0 Å². The minimum atomic E-state index is 0.923. The fourth-order valence-corrected chi connectivity index (χ4v) is 1.03. The van der Waals surface area contributed by atoms with Gasteiger partial charge in [0, 0.05) is 18.0 Å². The molecule has 0 aromatic heterocycles. The molecule has 0 aromatic carbocycles. The number of thioether (sulfide) groups is 1. The van der Waals surface area contributed by atoms with Crippen molar-refractivity contribution in [3.8, 4) is 0 Å². The Labute approximate surface area is 55.6 Å². The summed E-state index contributed by atoms with van der Waals surface area (Å²) in [5, 5.41) is 0. The third-order valence-electron chi connectivity index (χ3n) is 0.781. The number of hydrogen-bond acceptors (Lipinski definition) is 2. The van der Waals surface area contributed by atoms with Gasteiger partial charge >= 0.3 is 0 Å². The molecule has 0 saturated heterocycles. The Morgan fingerprint density at radius 3 is 2.62 bits per heavy atom. The maximum Gasteiger partial charge on any atom is 0.0360 e. The maximum atomic E-state index is 4.21. The molecular formula is C6H13NS. The lowest BCUT2D eigenvalue weighted by Gasteiger charge is -1.92. The van der Waals surface area contributed by atoms with Crippen molar-refractivity contribution in [2.24, 2.45) is 4.99 Å². The van der Waals surface area contributed by atoms with Crippen molar-refractivity contribution in [1.82, 2.24) is 0 Å². The van der Waals surface area contributed by atoms with Gasteiger partial charge in [0.2, 0.25) is 0 Å². The van der Waals surface area contributed by atoms with Crippen molar-refractivity contribution in [2.45, 2.75) is 13.8 Å². The first-order valence-electron chi connectivity index (χ1n) is 2.80. The number of nitrogens with zero attached hydrogens (tertiary/aromatic N) is 1. The van der Waals surface area contributed by atoms with E-state index in [1.807, 2.05) is 11.8 Å². The van der Waals surface area contributed by atoms with Crippen LogP contribution in [-0.2, 0) is 0 Å². The topological polar surface area (TPSA) is 12.4 Å². The van der Waals surface area contributed by atoms with E-state index in [1.54, 1.807) is 0 Å². The average Bonchev–Trinajstić information content (AvgIpc) is 1.68. The first-order valence-corrected chi connectivity index (χ1v) is 4.19. The van der Waals surface area contributed by atoms with E-state index in [9.17, 15) is 0 Å². The van der Waals surface area contributed by atoms with Gasteiger partial charge in [-0.3, -0.25) is 4.99 Å². The molecule has 0 N–H and O–H groups in total. The number of hydrogen-bond donors (Lipinski definition) is 0. The molecule has 0 bridgehead atoms. The second-order valence-corrected chi connectivity index (χ2v) is 2.51. The van der Waals surface area contributed by atoms with Gasteiger partial charge in [-0.15, -0.1) is 0 Å². The van der Waals surface area contributed by atoms with E-state index < -0.39 is 0 Å². The molecule has 0 aliphatic rings. The summed E-state index contributed by atoms with van der Waals surface area (Å²) >= 11 is 1.82. The van der Waals surface area contributed by atoms with Crippen LogP contribution in [0.15, 0.2) is 4.99 Å². The third kappa shape index (κ3) is 4.19.